The van der Waals surface area contributed by atoms with Crippen LogP contribution in [0.25, 0.3) is 0 Å². The van der Waals surface area contributed by atoms with Crippen LogP contribution in [0.1, 0.15) is 73.7 Å². The van der Waals surface area contributed by atoms with Gasteiger partial charge in [0.2, 0.25) is 10.0 Å². The molecule has 0 N–H and O–H groups in total. The molecule has 180 valence electrons. The van der Waals surface area contributed by atoms with Crippen molar-refractivity contribution in [3.8, 4) is 0 Å². The van der Waals surface area contributed by atoms with Gasteiger partial charge in [0, 0.05) is 13.1 Å². The van der Waals surface area contributed by atoms with Crippen LogP contribution in [0.4, 0.5) is 0 Å². The van der Waals surface area contributed by atoms with Gasteiger partial charge < -0.3 is 4.74 Å². The van der Waals surface area contributed by atoms with Gasteiger partial charge in [-0.3, -0.25) is 0 Å². The molecule has 2 aromatic carbocycles. The lowest BCUT2D eigenvalue weighted by Crippen LogP contribution is -2.42. The fraction of sp³-hybridized carbons (Fsp3) is 0.519. The Morgan fingerprint density at radius 2 is 1.52 bits per heavy atom. The van der Waals surface area contributed by atoms with Crippen molar-refractivity contribution >= 4 is 16.0 Å². The van der Waals surface area contributed by atoms with Gasteiger partial charge in [-0.15, -0.1) is 0 Å². The van der Waals surface area contributed by atoms with Crippen molar-refractivity contribution in [3.63, 3.8) is 0 Å². The highest BCUT2D eigenvalue weighted by Gasteiger charge is 2.31. The fourth-order valence-electron chi connectivity index (χ4n) is 4.59. The number of piperidine rings is 1. The minimum absolute atomic E-state index is 0.0527. The zero-order valence-corrected chi connectivity index (χ0v) is 21.8. The van der Waals surface area contributed by atoms with E-state index in [0.717, 1.165) is 23.1 Å². The number of ether oxygens (including phenoxy) is 1. The second-order valence-corrected chi connectivity index (χ2v) is 12.6. The highest BCUT2D eigenvalue weighted by atomic mass is 32.2. The number of esters is 1. The molecule has 1 aliphatic heterocycles. The van der Waals surface area contributed by atoms with Crippen molar-refractivity contribution in [1.29, 1.82) is 0 Å². The average molecular weight is 472 g/mol. The lowest BCUT2D eigenvalue weighted by molar-refractivity contribution is 0.0471. The van der Waals surface area contributed by atoms with Crippen LogP contribution in [0, 0.1) is 25.7 Å². The summed E-state index contributed by atoms with van der Waals surface area (Å²) < 4.78 is 33.2. The Balaban J connectivity index is 1.70. The predicted molar refractivity (Wildman–Crippen MR) is 132 cm³/mol. The van der Waals surface area contributed by atoms with Crippen LogP contribution in [-0.4, -0.2) is 31.8 Å². The van der Waals surface area contributed by atoms with Crippen LogP contribution in [0.3, 0.4) is 0 Å². The summed E-state index contributed by atoms with van der Waals surface area (Å²) in [5.41, 5.74) is 4.84. The molecule has 2 unspecified atom stereocenters. The minimum Gasteiger partial charge on any atom is -0.457 e. The Kier molecular flexibility index (Phi) is 7.39. The second kappa shape index (κ2) is 9.59. The highest BCUT2D eigenvalue weighted by molar-refractivity contribution is 7.89. The maximum Gasteiger partial charge on any atom is 0.338 e. The molecule has 6 heteroatoms. The molecule has 0 amide bonds. The van der Waals surface area contributed by atoms with E-state index in [4.69, 9.17) is 4.74 Å². The Labute approximate surface area is 199 Å². The lowest BCUT2D eigenvalue weighted by Gasteiger charge is -2.34. The molecule has 0 aromatic heterocycles. The van der Waals surface area contributed by atoms with Gasteiger partial charge in [0.25, 0.3) is 0 Å². The Morgan fingerprint density at radius 3 is 2.00 bits per heavy atom. The van der Waals surface area contributed by atoms with E-state index in [1.807, 2.05) is 13.8 Å². The molecule has 0 bridgehead atoms. The Hall–Kier alpha value is -2.18. The molecular weight excluding hydrogens is 434 g/mol. The minimum atomic E-state index is -3.57. The SMILES string of the molecule is Cc1cc(C(C)(C)C)cc(C)c1COC(=O)c1ccc(S(=O)(=O)N2CC(C)CC(C)C2)cc1. The lowest BCUT2D eigenvalue weighted by atomic mass is 9.84. The zero-order chi connectivity index (χ0) is 24.6. The van der Waals surface area contributed by atoms with E-state index in [1.54, 1.807) is 4.31 Å². The summed E-state index contributed by atoms with van der Waals surface area (Å²) >= 11 is 0. The van der Waals surface area contributed by atoms with E-state index in [-0.39, 0.29) is 16.9 Å². The van der Waals surface area contributed by atoms with Crippen LogP contribution in [-0.2, 0) is 26.8 Å². The summed E-state index contributed by atoms with van der Waals surface area (Å²) in [4.78, 5) is 12.8. The van der Waals surface area contributed by atoms with Gasteiger partial charge in [-0.05, 0) is 84.0 Å². The van der Waals surface area contributed by atoms with E-state index in [9.17, 15) is 13.2 Å². The third-order valence-electron chi connectivity index (χ3n) is 6.47. The number of benzene rings is 2. The molecule has 1 saturated heterocycles. The van der Waals surface area contributed by atoms with Gasteiger partial charge >= 0.3 is 5.97 Å². The number of carbonyl (C=O) groups excluding carboxylic acids is 1. The number of hydrogen-bond donors (Lipinski definition) is 0. The van der Waals surface area contributed by atoms with Crippen molar-refractivity contribution < 1.29 is 17.9 Å². The molecule has 33 heavy (non-hydrogen) atoms. The summed E-state index contributed by atoms with van der Waals surface area (Å²) in [7, 11) is -3.57. The van der Waals surface area contributed by atoms with Crippen molar-refractivity contribution in [2.24, 2.45) is 11.8 Å². The van der Waals surface area contributed by atoms with Gasteiger partial charge in [0.15, 0.2) is 0 Å². The summed E-state index contributed by atoms with van der Waals surface area (Å²) in [5, 5.41) is 0. The van der Waals surface area contributed by atoms with Gasteiger partial charge in [-0.2, -0.15) is 4.31 Å². The van der Waals surface area contributed by atoms with E-state index in [1.165, 1.54) is 29.8 Å². The quantitative estimate of drug-likeness (QED) is 0.531. The van der Waals surface area contributed by atoms with Crippen LogP contribution in [0.5, 0.6) is 0 Å². The largest absolute Gasteiger partial charge is 0.457 e. The maximum atomic E-state index is 13.1. The van der Waals surface area contributed by atoms with Crippen molar-refractivity contribution in [2.75, 3.05) is 13.1 Å². The highest BCUT2D eigenvalue weighted by Crippen LogP contribution is 2.28. The number of hydrogen-bond acceptors (Lipinski definition) is 4. The molecule has 5 nitrogen and oxygen atoms in total. The molecule has 3 rings (SSSR count). The van der Waals surface area contributed by atoms with Crippen LogP contribution in [0.15, 0.2) is 41.3 Å². The van der Waals surface area contributed by atoms with Crippen LogP contribution < -0.4 is 0 Å². The molecule has 2 atom stereocenters. The number of carbonyl (C=O) groups is 1. The fourth-order valence-corrected chi connectivity index (χ4v) is 6.27. The van der Waals surface area contributed by atoms with Gasteiger partial charge in [-0.25, -0.2) is 13.2 Å². The topological polar surface area (TPSA) is 63.7 Å². The smallest absolute Gasteiger partial charge is 0.338 e. The zero-order valence-electron chi connectivity index (χ0n) is 20.9. The molecular formula is C27H37NO4S. The molecule has 0 aliphatic carbocycles. The third kappa shape index (κ3) is 5.85. The molecule has 0 spiro atoms. The number of sulfonamides is 1. The molecule has 0 radical (unpaired) electrons. The van der Waals surface area contributed by atoms with Crippen molar-refractivity contribution in [3.05, 3.63) is 64.2 Å². The van der Waals surface area contributed by atoms with E-state index < -0.39 is 16.0 Å². The number of nitrogens with zero attached hydrogens (tertiary/aromatic N) is 1. The van der Waals surface area contributed by atoms with Gasteiger partial charge in [0.05, 0.1) is 10.5 Å². The second-order valence-electron chi connectivity index (χ2n) is 10.7. The van der Waals surface area contributed by atoms with Crippen molar-refractivity contribution in [2.45, 2.75) is 71.8 Å². The summed E-state index contributed by atoms with van der Waals surface area (Å²) in [6.07, 6.45) is 1.04. The van der Waals surface area contributed by atoms with E-state index >= 15 is 0 Å². The third-order valence-corrected chi connectivity index (χ3v) is 8.32. The first kappa shape index (κ1) is 25.4. The van der Waals surface area contributed by atoms with Crippen LogP contribution >= 0.6 is 0 Å². The molecule has 0 saturated carbocycles. The molecule has 1 aliphatic rings. The van der Waals surface area contributed by atoms with Gasteiger partial charge in [-0.1, -0.05) is 46.8 Å². The monoisotopic (exact) mass is 471 g/mol. The maximum absolute atomic E-state index is 13.1. The Morgan fingerprint density at radius 1 is 1.00 bits per heavy atom. The number of aryl methyl sites for hydroxylation is 2. The number of rotatable bonds is 5. The van der Waals surface area contributed by atoms with Gasteiger partial charge in [0.1, 0.15) is 6.61 Å². The standard InChI is InChI=1S/C27H37NO4S/c1-18-12-19(2)16-28(15-18)33(30,31)24-10-8-22(9-11-24)26(29)32-17-25-20(3)13-23(14-21(25)4)27(5,6)7/h8-11,13-14,18-19H,12,15-17H2,1-7H3. The molecule has 2 aromatic rings. The van der Waals surface area contributed by atoms with Crippen molar-refractivity contribution in [1.82, 2.24) is 4.31 Å². The van der Waals surface area contributed by atoms with E-state index in [2.05, 4.69) is 46.8 Å². The first-order chi connectivity index (χ1) is 15.3. The first-order valence-corrected chi connectivity index (χ1v) is 13.1. The first-order valence-electron chi connectivity index (χ1n) is 11.7. The normalized spacial score (nSPS) is 20.0. The summed E-state index contributed by atoms with van der Waals surface area (Å²) in [6, 6.07) is 10.4. The van der Waals surface area contributed by atoms with Crippen LogP contribution in [0.2, 0.25) is 0 Å². The summed E-state index contributed by atoms with van der Waals surface area (Å²) in [6.45, 7) is 16.0. The molecule has 1 fully saturated rings. The summed E-state index contributed by atoms with van der Waals surface area (Å²) in [5.74, 6) is 0.210. The van der Waals surface area contributed by atoms with E-state index in [0.29, 0.717) is 30.5 Å². The average Bonchev–Trinajstić information content (AvgIpc) is 2.71. The Bertz CT molecular complexity index is 1080. The molecule has 1 heterocycles. The predicted octanol–water partition coefficient (Wildman–Crippen LogP) is 5.62.